The number of aryl methyl sites for hydroxylation is 2. The molecule has 9 heteroatoms. The van der Waals surface area contributed by atoms with E-state index in [-0.39, 0.29) is 11.8 Å². The van der Waals surface area contributed by atoms with E-state index in [4.69, 9.17) is 9.84 Å². The van der Waals surface area contributed by atoms with Crippen LogP contribution in [0.1, 0.15) is 30.5 Å². The lowest BCUT2D eigenvalue weighted by molar-refractivity contribution is -0.125. The predicted molar refractivity (Wildman–Crippen MR) is 136 cm³/mol. The smallest absolute Gasteiger partial charge is 0.223 e. The van der Waals surface area contributed by atoms with Crippen LogP contribution in [0.4, 0.5) is 5.82 Å². The molecule has 1 amide bonds. The van der Waals surface area contributed by atoms with Crippen molar-refractivity contribution in [3.8, 4) is 5.69 Å². The number of piperidine rings is 1. The predicted octanol–water partition coefficient (Wildman–Crippen LogP) is 2.49. The highest BCUT2D eigenvalue weighted by Gasteiger charge is 2.27. The van der Waals surface area contributed by atoms with Crippen molar-refractivity contribution in [2.24, 2.45) is 5.92 Å². The number of fused-ring (bicyclic) bond motifs is 1. The number of aromatic nitrogens is 4. The lowest BCUT2D eigenvalue weighted by Crippen LogP contribution is -2.42. The van der Waals surface area contributed by atoms with Gasteiger partial charge in [0.1, 0.15) is 5.52 Å². The molecule has 0 bridgehead atoms. The van der Waals surface area contributed by atoms with Crippen LogP contribution in [-0.2, 0) is 9.53 Å². The Kier molecular flexibility index (Phi) is 7.24. The van der Waals surface area contributed by atoms with Gasteiger partial charge in [-0.3, -0.25) is 9.69 Å². The van der Waals surface area contributed by atoms with Crippen molar-refractivity contribution >= 4 is 22.6 Å². The zero-order valence-corrected chi connectivity index (χ0v) is 20.7. The Morgan fingerprint density at radius 3 is 2.54 bits per heavy atom. The number of carbonyl (C=O) groups is 1. The molecule has 9 nitrogen and oxygen atoms in total. The molecule has 1 N–H and O–H groups in total. The average Bonchev–Trinajstić information content (AvgIpc) is 3.34. The molecule has 2 aliphatic rings. The van der Waals surface area contributed by atoms with Gasteiger partial charge < -0.3 is 15.0 Å². The monoisotopic (exact) mass is 477 g/mol. The Balaban J connectivity index is 1.18. The Labute approximate surface area is 206 Å². The van der Waals surface area contributed by atoms with Gasteiger partial charge in [0.15, 0.2) is 5.82 Å². The first-order valence-corrected chi connectivity index (χ1v) is 12.7. The number of morpholine rings is 1. The second kappa shape index (κ2) is 10.7. The quantitative estimate of drug-likeness (QED) is 0.523. The molecular weight excluding hydrogens is 442 g/mol. The maximum Gasteiger partial charge on any atom is 0.223 e. The highest BCUT2D eigenvalue weighted by Crippen LogP contribution is 2.29. The fraction of sp³-hybridized carbons (Fsp3) is 0.538. The molecule has 35 heavy (non-hydrogen) atoms. The van der Waals surface area contributed by atoms with Crippen molar-refractivity contribution in [1.29, 1.82) is 0 Å². The van der Waals surface area contributed by atoms with E-state index >= 15 is 0 Å². The number of benzene rings is 1. The van der Waals surface area contributed by atoms with Gasteiger partial charge in [0.05, 0.1) is 24.6 Å². The Morgan fingerprint density at radius 1 is 1.06 bits per heavy atom. The molecule has 4 heterocycles. The molecule has 2 fully saturated rings. The average molecular weight is 478 g/mol. The summed E-state index contributed by atoms with van der Waals surface area (Å²) in [6.07, 6.45) is 4.63. The molecule has 1 aromatic carbocycles. The van der Waals surface area contributed by atoms with E-state index in [1.54, 1.807) is 0 Å². The van der Waals surface area contributed by atoms with E-state index in [1.165, 1.54) is 5.56 Å². The third-order valence-electron chi connectivity index (χ3n) is 7.13. The lowest BCUT2D eigenvalue weighted by Gasteiger charge is -2.32. The van der Waals surface area contributed by atoms with Crippen LogP contribution < -0.4 is 10.2 Å². The van der Waals surface area contributed by atoms with Crippen molar-refractivity contribution in [2.75, 3.05) is 57.4 Å². The summed E-state index contributed by atoms with van der Waals surface area (Å²) in [6, 6.07) is 8.32. The standard InChI is InChI=1S/C26H35N7O2/c1-19-4-6-22(7-5-19)33-18-23-20(2)28-29-25(24(23)30-33)32-12-8-21(9-13-32)26(34)27-10-3-11-31-14-16-35-17-15-31/h4-7,18,21H,3,8-17H2,1-2H3,(H,27,34). The fourth-order valence-corrected chi connectivity index (χ4v) is 4.91. The van der Waals surface area contributed by atoms with E-state index in [9.17, 15) is 4.79 Å². The molecule has 0 unspecified atom stereocenters. The summed E-state index contributed by atoms with van der Waals surface area (Å²) < 4.78 is 7.29. The van der Waals surface area contributed by atoms with E-state index in [2.05, 4.69) is 56.5 Å². The molecule has 2 saturated heterocycles. The van der Waals surface area contributed by atoms with Gasteiger partial charge in [0.2, 0.25) is 5.91 Å². The Bertz CT molecular complexity index is 1150. The molecule has 5 rings (SSSR count). The van der Waals surface area contributed by atoms with Crippen molar-refractivity contribution in [2.45, 2.75) is 33.1 Å². The van der Waals surface area contributed by atoms with Crippen LogP contribution in [0.5, 0.6) is 0 Å². The molecule has 2 aromatic heterocycles. The topological polar surface area (TPSA) is 88.4 Å². The largest absolute Gasteiger partial charge is 0.379 e. The molecule has 0 aliphatic carbocycles. The van der Waals surface area contributed by atoms with Crippen molar-refractivity contribution < 1.29 is 9.53 Å². The number of hydrogen-bond donors (Lipinski definition) is 1. The summed E-state index contributed by atoms with van der Waals surface area (Å²) in [5.41, 5.74) is 3.97. The van der Waals surface area contributed by atoms with Crippen molar-refractivity contribution in [3.63, 3.8) is 0 Å². The van der Waals surface area contributed by atoms with Crippen LogP contribution in [0, 0.1) is 19.8 Å². The number of nitrogens with zero attached hydrogens (tertiary/aromatic N) is 6. The summed E-state index contributed by atoms with van der Waals surface area (Å²) in [4.78, 5) is 17.4. The third-order valence-corrected chi connectivity index (χ3v) is 7.13. The molecule has 2 aliphatic heterocycles. The SMILES string of the molecule is Cc1ccc(-n2cc3c(C)nnc(N4CCC(C(=O)NCCCN5CCOCC5)CC4)c3n2)cc1. The molecule has 0 radical (unpaired) electrons. The molecular formula is C26H35N7O2. The van der Waals surface area contributed by atoms with Gasteiger partial charge in [-0.25, -0.2) is 4.68 Å². The summed E-state index contributed by atoms with van der Waals surface area (Å²) >= 11 is 0. The van der Waals surface area contributed by atoms with Crippen molar-refractivity contribution in [1.82, 2.24) is 30.2 Å². The third kappa shape index (κ3) is 5.46. The number of nitrogens with one attached hydrogen (secondary N) is 1. The summed E-state index contributed by atoms with van der Waals surface area (Å²) in [5.74, 6) is 1.03. The van der Waals surface area contributed by atoms with Crippen LogP contribution in [-0.4, -0.2) is 83.3 Å². The first kappa shape index (κ1) is 23.7. The van der Waals surface area contributed by atoms with Crippen LogP contribution in [0.3, 0.4) is 0 Å². The molecule has 0 atom stereocenters. The van der Waals surface area contributed by atoms with Crippen LogP contribution in [0.2, 0.25) is 0 Å². The van der Waals surface area contributed by atoms with Crippen LogP contribution >= 0.6 is 0 Å². The van der Waals surface area contributed by atoms with Gasteiger partial charge in [0.25, 0.3) is 0 Å². The maximum absolute atomic E-state index is 12.7. The van der Waals surface area contributed by atoms with Gasteiger partial charge in [-0.2, -0.15) is 10.2 Å². The number of hydrogen-bond acceptors (Lipinski definition) is 7. The first-order valence-electron chi connectivity index (χ1n) is 12.7. The number of anilines is 1. The van der Waals surface area contributed by atoms with E-state index in [0.717, 1.165) is 99.8 Å². The summed E-state index contributed by atoms with van der Waals surface area (Å²) in [5, 5.41) is 18.0. The second-order valence-corrected chi connectivity index (χ2v) is 9.64. The van der Waals surface area contributed by atoms with Crippen molar-refractivity contribution in [3.05, 3.63) is 41.7 Å². The minimum absolute atomic E-state index is 0.0497. The zero-order valence-electron chi connectivity index (χ0n) is 20.7. The van der Waals surface area contributed by atoms with Gasteiger partial charge >= 0.3 is 0 Å². The highest BCUT2D eigenvalue weighted by atomic mass is 16.5. The van der Waals surface area contributed by atoms with Gasteiger partial charge in [-0.05, 0) is 51.8 Å². The minimum Gasteiger partial charge on any atom is -0.379 e. The van der Waals surface area contributed by atoms with E-state index in [0.29, 0.717) is 0 Å². The fourth-order valence-electron chi connectivity index (χ4n) is 4.91. The number of carbonyl (C=O) groups excluding carboxylic acids is 1. The van der Waals surface area contributed by atoms with Crippen LogP contribution in [0.15, 0.2) is 30.5 Å². The molecule has 3 aromatic rings. The summed E-state index contributed by atoms with van der Waals surface area (Å²) in [6.45, 7) is 11.0. The van der Waals surface area contributed by atoms with Gasteiger partial charge in [-0.15, -0.1) is 5.10 Å². The number of rotatable bonds is 7. The highest BCUT2D eigenvalue weighted by molar-refractivity contribution is 5.90. The molecule has 186 valence electrons. The molecule has 0 spiro atoms. The summed E-state index contributed by atoms with van der Waals surface area (Å²) in [7, 11) is 0. The Morgan fingerprint density at radius 2 is 1.80 bits per heavy atom. The molecule has 0 saturated carbocycles. The van der Waals surface area contributed by atoms with E-state index in [1.807, 2.05) is 17.8 Å². The Hall–Kier alpha value is -3.04. The minimum atomic E-state index is 0.0497. The van der Waals surface area contributed by atoms with Crippen LogP contribution in [0.25, 0.3) is 16.6 Å². The van der Waals surface area contributed by atoms with Gasteiger partial charge in [0, 0.05) is 50.2 Å². The van der Waals surface area contributed by atoms with Gasteiger partial charge in [-0.1, -0.05) is 17.7 Å². The van der Waals surface area contributed by atoms with E-state index < -0.39 is 0 Å². The number of ether oxygens (including phenoxy) is 1. The normalized spacial score (nSPS) is 17.7. The zero-order chi connectivity index (χ0) is 24.2. The lowest BCUT2D eigenvalue weighted by atomic mass is 9.96. The second-order valence-electron chi connectivity index (χ2n) is 9.64. The number of amides is 1. The first-order chi connectivity index (χ1) is 17.1. The maximum atomic E-state index is 12.7.